The topological polar surface area (TPSA) is 27.7 Å². The third kappa shape index (κ3) is 3.39. The number of para-hydroxylation sites is 2. The monoisotopic (exact) mass is 298 g/mol. The average molecular weight is 299 g/mol. The lowest BCUT2D eigenvalue weighted by atomic mass is 9.81. The zero-order valence-corrected chi connectivity index (χ0v) is 13.0. The van der Waals surface area contributed by atoms with E-state index in [4.69, 9.17) is 25.8 Å². The number of hydrogen-bond acceptors (Lipinski definition) is 3. The molecule has 2 atom stereocenters. The van der Waals surface area contributed by atoms with Crippen molar-refractivity contribution in [2.24, 2.45) is 5.41 Å². The van der Waals surface area contributed by atoms with Gasteiger partial charge in [-0.15, -0.1) is 11.6 Å². The van der Waals surface area contributed by atoms with Gasteiger partial charge in [-0.1, -0.05) is 12.1 Å². The van der Waals surface area contributed by atoms with Crippen LogP contribution < -0.4 is 9.47 Å². The number of ether oxygens (including phenoxy) is 3. The van der Waals surface area contributed by atoms with E-state index in [1.165, 1.54) is 0 Å². The minimum atomic E-state index is 0.0438. The lowest BCUT2D eigenvalue weighted by Gasteiger charge is -2.29. The highest BCUT2D eigenvalue weighted by molar-refractivity contribution is 6.18. The Morgan fingerprint density at radius 1 is 1.30 bits per heavy atom. The molecule has 0 spiro atoms. The zero-order chi connectivity index (χ0) is 14.4. The van der Waals surface area contributed by atoms with Crippen LogP contribution in [-0.4, -0.2) is 31.8 Å². The van der Waals surface area contributed by atoms with E-state index >= 15 is 0 Å². The molecule has 1 fully saturated rings. The first-order chi connectivity index (χ1) is 9.72. The highest BCUT2D eigenvalue weighted by atomic mass is 35.5. The molecule has 4 heteroatoms. The van der Waals surface area contributed by atoms with Gasteiger partial charge in [-0.3, -0.25) is 0 Å². The van der Waals surface area contributed by atoms with E-state index < -0.39 is 0 Å². The average Bonchev–Trinajstić information content (AvgIpc) is 2.83. The summed E-state index contributed by atoms with van der Waals surface area (Å²) in [5.41, 5.74) is 0.0438. The van der Waals surface area contributed by atoms with E-state index in [2.05, 4.69) is 6.92 Å². The Morgan fingerprint density at radius 3 is 2.55 bits per heavy atom. The van der Waals surface area contributed by atoms with Gasteiger partial charge in [-0.2, -0.15) is 0 Å². The van der Waals surface area contributed by atoms with Crippen LogP contribution in [0.2, 0.25) is 0 Å². The predicted octanol–water partition coefficient (Wildman–Crippen LogP) is 3.89. The van der Waals surface area contributed by atoms with E-state index in [-0.39, 0.29) is 11.5 Å². The van der Waals surface area contributed by atoms with E-state index in [9.17, 15) is 0 Å². The Hall–Kier alpha value is -0.930. The minimum Gasteiger partial charge on any atom is -0.490 e. The molecule has 1 saturated heterocycles. The Morgan fingerprint density at radius 2 is 2.00 bits per heavy atom. The van der Waals surface area contributed by atoms with Gasteiger partial charge in [-0.05, 0) is 38.8 Å². The predicted molar refractivity (Wildman–Crippen MR) is 80.9 cm³/mol. The molecule has 0 aliphatic carbocycles. The second kappa shape index (κ2) is 7.19. The first kappa shape index (κ1) is 15.5. The number of benzene rings is 1. The summed E-state index contributed by atoms with van der Waals surface area (Å²) in [7, 11) is 0. The van der Waals surface area contributed by atoms with Gasteiger partial charge in [0.15, 0.2) is 11.5 Å². The van der Waals surface area contributed by atoms with Gasteiger partial charge in [0.05, 0.1) is 19.3 Å². The number of alkyl halides is 1. The maximum Gasteiger partial charge on any atom is 0.161 e. The van der Waals surface area contributed by atoms with Crippen LogP contribution in [0, 0.1) is 5.41 Å². The number of hydrogen-bond donors (Lipinski definition) is 0. The second-order valence-corrected chi connectivity index (χ2v) is 5.50. The van der Waals surface area contributed by atoms with Gasteiger partial charge in [0.1, 0.15) is 0 Å². The van der Waals surface area contributed by atoms with Crippen LogP contribution in [0.15, 0.2) is 24.3 Å². The first-order valence-electron chi connectivity index (χ1n) is 7.24. The van der Waals surface area contributed by atoms with Gasteiger partial charge < -0.3 is 14.2 Å². The van der Waals surface area contributed by atoms with Crippen LogP contribution in [0.3, 0.4) is 0 Å². The Labute approximate surface area is 126 Å². The molecule has 0 saturated carbocycles. The minimum absolute atomic E-state index is 0.0438. The summed E-state index contributed by atoms with van der Waals surface area (Å²) in [6, 6.07) is 7.77. The van der Waals surface area contributed by atoms with Gasteiger partial charge in [0, 0.05) is 17.9 Å². The summed E-state index contributed by atoms with van der Waals surface area (Å²) >= 11 is 6.16. The fourth-order valence-electron chi connectivity index (χ4n) is 2.60. The van der Waals surface area contributed by atoms with Gasteiger partial charge >= 0.3 is 0 Å². The lowest BCUT2D eigenvalue weighted by molar-refractivity contribution is 0.0618. The van der Waals surface area contributed by atoms with Crippen molar-refractivity contribution in [1.29, 1.82) is 0 Å². The van der Waals surface area contributed by atoms with Crippen LogP contribution in [0.25, 0.3) is 0 Å². The van der Waals surface area contributed by atoms with E-state index in [0.717, 1.165) is 30.9 Å². The summed E-state index contributed by atoms with van der Waals surface area (Å²) in [5.74, 6) is 2.21. The molecule has 1 aliphatic heterocycles. The van der Waals surface area contributed by atoms with Crippen LogP contribution >= 0.6 is 11.6 Å². The van der Waals surface area contributed by atoms with Crippen molar-refractivity contribution >= 4 is 11.6 Å². The quantitative estimate of drug-likeness (QED) is 0.715. The third-order valence-electron chi connectivity index (χ3n) is 4.10. The number of halogens is 1. The van der Waals surface area contributed by atoms with Crippen molar-refractivity contribution in [3.05, 3.63) is 24.3 Å². The molecule has 1 aliphatic rings. The smallest absolute Gasteiger partial charge is 0.161 e. The van der Waals surface area contributed by atoms with Crippen molar-refractivity contribution in [1.82, 2.24) is 0 Å². The van der Waals surface area contributed by atoms with Crippen molar-refractivity contribution in [2.75, 3.05) is 25.7 Å². The van der Waals surface area contributed by atoms with E-state index in [1.54, 1.807) is 0 Å². The standard InChI is InChI=1S/C16H23ClO3/c1-3-18-14-6-4-5-7-15(14)20-11-9-16(12-17)8-10-19-13(16)2/h4-7,13H,3,8-12H2,1-2H3. The second-order valence-electron chi connectivity index (χ2n) is 5.24. The lowest BCUT2D eigenvalue weighted by Crippen LogP contribution is -2.32. The molecule has 0 N–H and O–H groups in total. The fraction of sp³-hybridized carbons (Fsp3) is 0.625. The maximum atomic E-state index is 6.16. The molecule has 0 aromatic heterocycles. The van der Waals surface area contributed by atoms with Crippen LogP contribution in [0.4, 0.5) is 0 Å². The van der Waals surface area contributed by atoms with Crippen LogP contribution in [0.5, 0.6) is 11.5 Å². The van der Waals surface area contributed by atoms with Crippen LogP contribution in [0.1, 0.15) is 26.7 Å². The van der Waals surface area contributed by atoms with Gasteiger partial charge in [0.25, 0.3) is 0 Å². The molecule has 20 heavy (non-hydrogen) atoms. The summed E-state index contributed by atoms with van der Waals surface area (Å²) in [6.07, 6.45) is 2.11. The SMILES string of the molecule is CCOc1ccccc1OCCC1(CCl)CCOC1C. The van der Waals surface area contributed by atoms with Crippen molar-refractivity contribution in [2.45, 2.75) is 32.8 Å². The molecule has 1 aromatic rings. The van der Waals surface area contributed by atoms with Gasteiger partial charge in [0.2, 0.25) is 0 Å². The Bertz CT molecular complexity index is 424. The summed E-state index contributed by atoms with van der Waals surface area (Å²) < 4.78 is 17.1. The molecule has 0 radical (unpaired) electrons. The van der Waals surface area contributed by atoms with E-state index in [1.807, 2.05) is 31.2 Å². The molecule has 1 heterocycles. The number of rotatable bonds is 7. The van der Waals surface area contributed by atoms with Crippen LogP contribution in [-0.2, 0) is 4.74 Å². The molecular formula is C16H23ClO3. The fourth-order valence-corrected chi connectivity index (χ4v) is 3.08. The third-order valence-corrected chi connectivity index (χ3v) is 4.64. The highest BCUT2D eigenvalue weighted by Crippen LogP contribution is 2.39. The molecular weight excluding hydrogens is 276 g/mol. The summed E-state index contributed by atoms with van der Waals surface area (Å²) in [6.45, 7) is 6.13. The van der Waals surface area contributed by atoms with Gasteiger partial charge in [-0.25, -0.2) is 0 Å². The summed E-state index contributed by atoms with van der Waals surface area (Å²) in [4.78, 5) is 0. The molecule has 112 valence electrons. The molecule has 3 nitrogen and oxygen atoms in total. The maximum absolute atomic E-state index is 6.16. The Balaban J connectivity index is 1.92. The van der Waals surface area contributed by atoms with Crippen molar-refractivity contribution in [3.8, 4) is 11.5 Å². The summed E-state index contributed by atoms with van der Waals surface area (Å²) in [5, 5.41) is 0. The molecule has 0 bridgehead atoms. The molecule has 2 rings (SSSR count). The van der Waals surface area contributed by atoms with Crippen molar-refractivity contribution < 1.29 is 14.2 Å². The first-order valence-corrected chi connectivity index (χ1v) is 7.77. The molecule has 1 aromatic carbocycles. The van der Waals surface area contributed by atoms with E-state index in [0.29, 0.717) is 19.1 Å². The van der Waals surface area contributed by atoms with Crippen molar-refractivity contribution in [3.63, 3.8) is 0 Å². The Kier molecular flexibility index (Phi) is 5.55. The normalized spacial score (nSPS) is 25.6. The molecule has 0 amide bonds. The zero-order valence-electron chi connectivity index (χ0n) is 12.2. The molecule has 2 unspecified atom stereocenters. The largest absolute Gasteiger partial charge is 0.490 e. The highest BCUT2D eigenvalue weighted by Gasteiger charge is 2.40.